The van der Waals surface area contributed by atoms with Crippen molar-refractivity contribution in [2.75, 3.05) is 5.32 Å². The molecule has 20 heavy (non-hydrogen) atoms. The van der Waals surface area contributed by atoms with Gasteiger partial charge in [-0.05, 0) is 36.7 Å². The summed E-state index contributed by atoms with van der Waals surface area (Å²) in [5.41, 5.74) is 0.517. The second-order valence-corrected chi connectivity index (χ2v) is 6.83. The standard InChI is InChI=1S/C14H20N2O3S/c1-8-10(13(18)19)12(20-16-8)15-11(17)9-6-4-5-7-14(9,2)3/h9H,4-7H2,1-3H3,(H,15,17)(H,18,19). The Bertz CT molecular complexity index is 537. The maximum atomic E-state index is 12.4. The van der Waals surface area contributed by atoms with Crippen molar-refractivity contribution in [3.63, 3.8) is 0 Å². The van der Waals surface area contributed by atoms with E-state index < -0.39 is 5.97 Å². The van der Waals surface area contributed by atoms with E-state index in [0.29, 0.717) is 10.7 Å². The minimum Gasteiger partial charge on any atom is -0.478 e. The molecule has 1 unspecified atom stereocenters. The number of aromatic nitrogens is 1. The zero-order chi connectivity index (χ0) is 14.9. The van der Waals surface area contributed by atoms with Crippen molar-refractivity contribution in [1.29, 1.82) is 0 Å². The molecule has 6 heteroatoms. The first-order valence-corrected chi connectivity index (χ1v) is 7.60. The molecule has 1 aliphatic rings. The second-order valence-electron chi connectivity index (χ2n) is 6.05. The number of anilines is 1. The Morgan fingerprint density at radius 2 is 2.10 bits per heavy atom. The van der Waals surface area contributed by atoms with E-state index in [2.05, 4.69) is 23.5 Å². The molecule has 1 heterocycles. The largest absolute Gasteiger partial charge is 0.478 e. The van der Waals surface area contributed by atoms with Gasteiger partial charge in [-0.1, -0.05) is 26.7 Å². The number of aryl methyl sites for hydroxylation is 1. The van der Waals surface area contributed by atoms with Gasteiger partial charge in [-0.15, -0.1) is 0 Å². The highest BCUT2D eigenvalue weighted by Gasteiger charge is 2.37. The molecule has 1 saturated carbocycles. The van der Waals surface area contributed by atoms with Crippen LogP contribution in [-0.4, -0.2) is 21.4 Å². The molecule has 1 atom stereocenters. The minimum atomic E-state index is -1.05. The molecular weight excluding hydrogens is 276 g/mol. The highest BCUT2D eigenvalue weighted by Crippen LogP contribution is 2.41. The summed E-state index contributed by atoms with van der Waals surface area (Å²) in [5.74, 6) is -1.20. The van der Waals surface area contributed by atoms with Gasteiger partial charge >= 0.3 is 5.97 Å². The number of aromatic carboxylic acids is 1. The summed E-state index contributed by atoms with van der Waals surface area (Å²) < 4.78 is 4.02. The van der Waals surface area contributed by atoms with Crippen LogP contribution in [0.5, 0.6) is 0 Å². The average Bonchev–Trinajstić information content (AvgIpc) is 2.69. The molecule has 1 aromatic heterocycles. The van der Waals surface area contributed by atoms with E-state index in [4.69, 9.17) is 0 Å². The Morgan fingerprint density at radius 1 is 1.40 bits per heavy atom. The molecule has 0 spiro atoms. The van der Waals surface area contributed by atoms with Gasteiger partial charge in [0.15, 0.2) is 0 Å². The number of carbonyl (C=O) groups excluding carboxylic acids is 1. The van der Waals surface area contributed by atoms with Crippen LogP contribution in [0.4, 0.5) is 5.00 Å². The van der Waals surface area contributed by atoms with Crippen molar-refractivity contribution in [3.05, 3.63) is 11.3 Å². The summed E-state index contributed by atoms with van der Waals surface area (Å²) in [6.45, 7) is 5.85. The molecular formula is C14H20N2O3S. The van der Waals surface area contributed by atoms with E-state index in [-0.39, 0.29) is 22.8 Å². The number of amides is 1. The van der Waals surface area contributed by atoms with Crippen LogP contribution in [0.2, 0.25) is 0 Å². The fourth-order valence-corrected chi connectivity index (χ4v) is 3.68. The van der Waals surface area contributed by atoms with Gasteiger partial charge in [0.25, 0.3) is 0 Å². The fourth-order valence-electron chi connectivity index (χ4n) is 2.89. The van der Waals surface area contributed by atoms with Gasteiger partial charge in [-0.3, -0.25) is 4.79 Å². The van der Waals surface area contributed by atoms with Crippen molar-refractivity contribution in [2.45, 2.75) is 46.5 Å². The smallest absolute Gasteiger partial charge is 0.340 e. The van der Waals surface area contributed by atoms with Crippen molar-refractivity contribution in [2.24, 2.45) is 11.3 Å². The Morgan fingerprint density at radius 3 is 2.70 bits per heavy atom. The summed E-state index contributed by atoms with van der Waals surface area (Å²) in [5, 5.41) is 12.3. The quantitative estimate of drug-likeness (QED) is 0.897. The number of hydrogen-bond acceptors (Lipinski definition) is 4. The fraction of sp³-hybridized carbons (Fsp3) is 0.643. The lowest BCUT2D eigenvalue weighted by molar-refractivity contribution is -0.124. The number of hydrogen-bond donors (Lipinski definition) is 2. The van der Waals surface area contributed by atoms with Crippen LogP contribution in [0.25, 0.3) is 0 Å². The molecule has 1 fully saturated rings. The topological polar surface area (TPSA) is 79.3 Å². The predicted molar refractivity (Wildman–Crippen MR) is 78.2 cm³/mol. The van der Waals surface area contributed by atoms with E-state index in [9.17, 15) is 14.7 Å². The van der Waals surface area contributed by atoms with Crippen molar-refractivity contribution in [1.82, 2.24) is 4.37 Å². The number of nitrogens with zero attached hydrogens (tertiary/aromatic N) is 1. The first-order valence-electron chi connectivity index (χ1n) is 6.83. The third-order valence-corrected chi connectivity index (χ3v) is 4.99. The van der Waals surface area contributed by atoms with Gasteiger partial charge < -0.3 is 10.4 Å². The lowest BCUT2D eigenvalue weighted by atomic mass is 9.68. The first kappa shape index (κ1) is 15.0. The lowest BCUT2D eigenvalue weighted by Crippen LogP contribution is -2.37. The molecule has 1 aromatic rings. The molecule has 2 rings (SSSR count). The summed E-state index contributed by atoms with van der Waals surface area (Å²) in [6, 6.07) is 0. The molecule has 5 nitrogen and oxygen atoms in total. The Hall–Kier alpha value is -1.43. The van der Waals surface area contributed by atoms with Crippen LogP contribution in [0.15, 0.2) is 0 Å². The van der Waals surface area contributed by atoms with Crippen LogP contribution in [-0.2, 0) is 4.79 Å². The second kappa shape index (κ2) is 5.52. The van der Waals surface area contributed by atoms with Gasteiger partial charge in [0, 0.05) is 5.92 Å². The molecule has 0 aromatic carbocycles. The SMILES string of the molecule is Cc1nsc(NC(=O)C2CCCCC2(C)C)c1C(=O)O. The Balaban J connectivity index is 2.18. The van der Waals surface area contributed by atoms with Crippen molar-refractivity contribution < 1.29 is 14.7 Å². The summed E-state index contributed by atoms with van der Waals surface area (Å²) in [6.07, 6.45) is 4.09. The third kappa shape index (κ3) is 2.85. The number of carboxylic acids is 1. The number of nitrogens with one attached hydrogen (secondary N) is 1. The predicted octanol–water partition coefficient (Wildman–Crippen LogP) is 3.30. The van der Waals surface area contributed by atoms with Gasteiger partial charge in [-0.25, -0.2) is 4.79 Å². The average molecular weight is 296 g/mol. The van der Waals surface area contributed by atoms with Gasteiger partial charge in [-0.2, -0.15) is 4.37 Å². The van der Waals surface area contributed by atoms with Crippen LogP contribution >= 0.6 is 11.5 Å². The summed E-state index contributed by atoms with van der Waals surface area (Å²) in [4.78, 5) is 23.6. The first-order chi connectivity index (χ1) is 9.33. The highest BCUT2D eigenvalue weighted by atomic mass is 32.1. The highest BCUT2D eigenvalue weighted by molar-refractivity contribution is 7.11. The molecule has 0 saturated heterocycles. The Labute approximate surface area is 122 Å². The molecule has 0 radical (unpaired) electrons. The molecule has 2 N–H and O–H groups in total. The summed E-state index contributed by atoms with van der Waals surface area (Å²) in [7, 11) is 0. The number of carbonyl (C=O) groups is 2. The van der Waals surface area contributed by atoms with Gasteiger partial charge in [0.2, 0.25) is 5.91 Å². The van der Waals surface area contributed by atoms with Crippen molar-refractivity contribution >= 4 is 28.4 Å². The maximum Gasteiger partial charge on any atom is 0.340 e. The van der Waals surface area contributed by atoms with Crippen LogP contribution in [0.3, 0.4) is 0 Å². The van der Waals surface area contributed by atoms with E-state index in [1.807, 2.05) is 0 Å². The minimum absolute atomic E-state index is 0.0363. The van der Waals surface area contributed by atoms with Crippen LogP contribution in [0, 0.1) is 18.3 Å². The number of rotatable bonds is 3. The van der Waals surface area contributed by atoms with Crippen molar-refractivity contribution in [3.8, 4) is 0 Å². The maximum absolute atomic E-state index is 12.4. The molecule has 1 aliphatic carbocycles. The lowest BCUT2D eigenvalue weighted by Gasteiger charge is -2.37. The van der Waals surface area contributed by atoms with Crippen LogP contribution < -0.4 is 5.32 Å². The third-order valence-electron chi connectivity index (χ3n) is 4.14. The molecule has 0 aliphatic heterocycles. The monoisotopic (exact) mass is 296 g/mol. The molecule has 0 bridgehead atoms. The van der Waals surface area contributed by atoms with E-state index >= 15 is 0 Å². The molecule has 110 valence electrons. The van der Waals surface area contributed by atoms with E-state index in [1.54, 1.807) is 6.92 Å². The van der Waals surface area contributed by atoms with Gasteiger partial charge in [0.05, 0.1) is 5.69 Å². The molecule has 1 amide bonds. The zero-order valence-electron chi connectivity index (χ0n) is 12.0. The van der Waals surface area contributed by atoms with Crippen LogP contribution in [0.1, 0.15) is 55.6 Å². The normalized spacial score (nSPS) is 21.4. The van der Waals surface area contributed by atoms with Gasteiger partial charge in [0.1, 0.15) is 10.6 Å². The van der Waals surface area contributed by atoms with E-state index in [1.165, 1.54) is 0 Å². The van der Waals surface area contributed by atoms with E-state index in [0.717, 1.165) is 37.2 Å². The Kier molecular flexibility index (Phi) is 4.13. The zero-order valence-corrected chi connectivity index (χ0v) is 12.8. The summed E-state index contributed by atoms with van der Waals surface area (Å²) >= 11 is 1.03. The number of carboxylic acid groups (broad SMARTS) is 1.